The lowest BCUT2D eigenvalue weighted by molar-refractivity contribution is -0.116. The Morgan fingerprint density at radius 1 is 1.00 bits per heavy atom. The van der Waals surface area contributed by atoms with E-state index < -0.39 is 0 Å². The SMILES string of the molecule is Cc1scc(CNC(=O)/C=C/c2ccc(-c3ccccc3)cc2)c1C. The molecule has 0 bridgehead atoms. The van der Waals surface area contributed by atoms with Gasteiger partial charge < -0.3 is 5.32 Å². The van der Waals surface area contributed by atoms with Gasteiger partial charge in [0.15, 0.2) is 0 Å². The van der Waals surface area contributed by atoms with E-state index in [1.807, 2.05) is 36.4 Å². The molecule has 1 aromatic heterocycles. The Balaban J connectivity index is 1.58. The molecule has 25 heavy (non-hydrogen) atoms. The fraction of sp³-hybridized carbons (Fsp3) is 0.136. The normalized spacial score (nSPS) is 11.0. The van der Waals surface area contributed by atoms with E-state index in [1.54, 1.807) is 17.4 Å². The van der Waals surface area contributed by atoms with Crippen LogP contribution in [0.4, 0.5) is 0 Å². The minimum atomic E-state index is -0.0737. The Morgan fingerprint density at radius 3 is 2.32 bits per heavy atom. The molecule has 2 nitrogen and oxygen atoms in total. The van der Waals surface area contributed by atoms with Crippen LogP contribution in [0.15, 0.2) is 66.1 Å². The minimum absolute atomic E-state index is 0.0737. The largest absolute Gasteiger partial charge is 0.348 e. The van der Waals surface area contributed by atoms with Gasteiger partial charge in [0, 0.05) is 17.5 Å². The van der Waals surface area contributed by atoms with E-state index in [4.69, 9.17) is 0 Å². The molecule has 1 N–H and O–H groups in total. The molecule has 3 rings (SSSR count). The Bertz CT molecular complexity index is 876. The van der Waals surface area contributed by atoms with Crippen molar-refractivity contribution in [3.8, 4) is 11.1 Å². The standard InChI is InChI=1S/C22H21NOS/c1-16-17(2)25-15-21(16)14-23-22(24)13-10-18-8-11-20(12-9-18)19-6-4-3-5-7-19/h3-13,15H,14H2,1-2H3,(H,23,24)/b13-10+. The average Bonchev–Trinajstić information content (AvgIpc) is 2.98. The summed E-state index contributed by atoms with van der Waals surface area (Å²) in [6.07, 6.45) is 3.43. The third-order valence-electron chi connectivity index (χ3n) is 4.29. The number of amides is 1. The maximum Gasteiger partial charge on any atom is 0.244 e. The Labute approximate surface area is 152 Å². The van der Waals surface area contributed by atoms with Gasteiger partial charge in [-0.05, 0) is 53.1 Å². The van der Waals surface area contributed by atoms with Crippen LogP contribution in [0.2, 0.25) is 0 Å². The number of rotatable bonds is 5. The van der Waals surface area contributed by atoms with E-state index >= 15 is 0 Å². The topological polar surface area (TPSA) is 29.1 Å². The van der Waals surface area contributed by atoms with Crippen molar-refractivity contribution in [1.82, 2.24) is 5.32 Å². The average molecular weight is 347 g/mol. The number of nitrogens with one attached hydrogen (secondary N) is 1. The number of thiophene rings is 1. The Hall–Kier alpha value is -2.65. The van der Waals surface area contributed by atoms with Crippen LogP contribution in [-0.4, -0.2) is 5.91 Å². The molecule has 1 amide bonds. The van der Waals surface area contributed by atoms with Gasteiger partial charge in [0.1, 0.15) is 0 Å². The van der Waals surface area contributed by atoms with Gasteiger partial charge in [0.2, 0.25) is 5.91 Å². The summed E-state index contributed by atoms with van der Waals surface area (Å²) in [5.74, 6) is -0.0737. The molecule has 3 heteroatoms. The van der Waals surface area contributed by atoms with Crippen molar-refractivity contribution in [2.24, 2.45) is 0 Å². The molecule has 2 aromatic carbocycles. The molecule has 0 radical (unpaired) electrons. The van der Waals surface area contributed by atoms with Crippen molar-refractivity contribution in [3.05, 3.63) is 87.6 Å². The zero-order chi connectivity index (χ0) is 17.6. The van der Waals surface area contributed by atoms with Crippen molar-refractivity contribution < 1.29 is 4.79 Å². The highest BCUT2D eigenvalue weighted by Gasteiger charge is 2.04. The maximum atomic E-state index is 12.0. The molecule has 126 valence electrons. The van der Waals surface area contributed by atoms with Gasteiger partial charge in [-0.2, -0.15) is 0 Å². The summed E-state index contributed by atoms with van der Waals surface area (Å²) < 4.78 is 0. The zero-order valence-electron chi connectivity index (χ0n) is 14.5. The summed E-state index contributed by atoms with van der Waals surface area (Å²) in [6, 6.07) is 18.5. The molecule has 0 saturated heterocycles. The monoisotopic (exact) mass is 347 g/mol. The number of aryl methyl sites for hydroxylation is 1. The van der Waals surface area contributed by atoms with Crippen LogP contribution >= 0.6 is 11.3 Å². The molecule has 0 aliphatic carbocycles. The highest BCUT2D eigenvalue weighted by Crippen LogP contribution is 2.21. The van der Waals surface area contributed by atoms with Crippen LogP contribution in [0.1, 0.15) is 21.6 Å². The first-order valence-electron chi connectivity index (χ1n) is 8.28. The van der Waals surface area contributed by atoms with Crippen LogP contribution in [0, 0.1) is 13.8 Å². The molecule has 3 aromatic rings. The smallest absolute Gasteiger partial charge is 0.244 e. The van der Waals surface area contributed by atoms with E-state index in [1.165, 1.54) is 27.1 Å². The van der Waals surface area contributed by atoms with E-state index in [0.29, 0.717) is 6.54 Å². The van der Waals surface area contributed by atoms with Crippen molar-refractivity contribution in [2.45, 2.75) is 20.4 Å². The molecule has 0 atom stereocenters. The van der Waals surface area contributed by atoms with Crippen molar-refractivity contribution in [3.63, 3.8) is 0 Å². The van der Waals surface area contributed by atoms with Gasteiger partial charge in [0.05, 0.1) is 0 Å². The second-order valence-corrected chi connectivity index (χ2v) is 7.07. The summed E-state index contributed by atoms with van der Waals surface area (Å²) in [7, 11) is 0. The first-order chi connectivity index (χ1) is 12.1. The van der Waals surface area contributed by atoms with E-state index in [2.05, 4.69) is 48.8 Å². The third kappa shape index (κ3) is 4.46. The second-order valence-electron chi connectivity index (χ2n) is 5.98. The predicted octanol–water partition coefficient (Wildman–Crippen LogP) is 5.36. The molecular formula is C22H21NOS. The quantitative estimate of drug-likeness (QED) is 0.618. The van der Waals surface area contributed by atoms with Gasteiger partial charge in [-0.1, -0.05) is 54.6 Å². The van der Waals surface area contributed by atoms with Crippen LogP contribution in [-0.2, 0) is 11.3 Å². The number of hydrogen-bond donors (Lipinski definition) is 1. The lowest BCUT2D eigenvalue weighted by atomic mass is 10.0. The first kappa shape index (κ1) is 17.2. The second kappa shape index (κ2) is 7.95. The summed E-state index contributed by atoms with van der Waals surface area (Å²) in [5, 5.41) is 5.05. The number of carbonyl (C=O) groups excluding carboxylic acids is 1. The first-order valence-corrected chi connectivity index (χ1v) is 9.16. The Kier molecular flexibility index (Phi) is 5.46. The zero-order valence-corrected chi connectivity index (χ0v) is 15.3. The van der Waals surface area contributed by atoms with Gasteiger partial charge in [0.25, 0.3) is 0 Å². The lowest BCUT2D eigenvalue weighted by Gasteiger charge is -2.03. The number of carbonyl (C=O) groups is 1. The molecule has 0 aliphatic heterocycles. The summed E-state index contributed by atoms with van der Waals surface area (Å²) in [6.45, 7) is 4.77. The summed E-state index contributed by atoms with van der Waals surface area (Å²) >= 11 is 1.72. The van der Waals surface area contributed by atoms with Crippen LogP contribution in [0.25, 0.3) is 17.2 Å². The van der Waals surface area contributed by atoms with E-state index in [9.17, 15) is 4.79 Å². The molecule has 0 saturated carbocycles. The summed E-state index contributed by atoms with van der Waals surface area (Å²) in [5.41, 5.74) is 5.84. The highest BCUT2D eigenvalue weighted by atomic mass is 32.1. The summed E-state index contributed by atoms with van der Waals surface area (Å²) in [4.78, 5) is 13.3. The number of hydrogen-bond acceptors (Lipinski definition) is 2. The molecule has 0 spiro atoms. The minimum Gasteiger partial charge on any atom is -0.348 e. The molecular weight excluding hydrogens is 326 g/mol. The predicted molar refractivity (Wildman–Crippen MR) is 107 cm³/mol. The van der Waals surface area contributed by atoms with Crippen LogP contribution < -0.4 is 5.32 Å². The molecule has 0 unspecified atom stereocenters. The molecule has 0 aliphatic rings. The molecule has 0 fully saturated rings. The van der Waals surface area contributed by atoms with Gasteiger partial charge >= 0.3 is 0 Å². The highest BCUT2D eigenvalue weighted by molar-refractivity contribution is 7.10. The van der Waals surface area contributed by atoms with Gasteiger partial charge in [-0.3, -0.25) is 4.79 Å². The van der Waals surface area contributed by atoms with Crippen LogP contribution in [0.5, 0.6) is 0 Å². The maximum absolute atomic E-state index is 12.0. The Morgan fingerprint density at radius 2 is 1.68 bits per heavy atom. The van der Waals surface area contributed by atoms with E-state index in [0.717, 1.165) is 5.56 Å². The fourth-order valence-corrected chi connectivity index (χ4v) is 3.45. The third-order valence-corrected chi connectivity index (χ3v) is 5.35. The van der Waals surface area contributed by atoms with Gasteiger partial charge in [-0.15, -0.1) is 11.3 Å². The van der Waals surface area contributed by atoms with Crippen molar-refractivity contribution >= 4 is 23.3 Å². The van der Waals surface area contributed by atoms with Crippen molar-refractivity contribution in [2.75, 3.05) is 0 Å². The molecule has 1 heterocycles. The number of benzene rings is 2. The fourth-order valence-electron chi connectivity index (χ4n) is 2.57. The van der Waals surface area contributed by atoms with E-state index in [-0.39, 0.29) is 5.91 Å². The van der Waals surface area contributed by atoms with Gasteiger partial charge in [-0.25, -0.2) is 0 Å². The van der Waals surface area contributed by atoms with Crippen molar-refractivity contribution in [1.29, 1.82) is 0 Å². The van der Waals surface area contributed by atoms with Crippen LogP contribution in [0.3, 0.4) is 0 Å². The lowest BCUT2D eigenvalue weighted by Crippen LogP contribution is -2.20.